The average Bonchev–Trinajstić information content (AvgIpc) is 2.91. The third kappa shape index (κ3) is 7.25. The highest BCUT2D eigenvalue weighted by Gasteiger charge is 2.36. The number of nitrogens with one attached hydrogen (secondary N) is 1. The number of nitrogens with two attached hydrogens (primary N) is 1. The maximum absolute atomic E-state index is 12.9. The smallest absolute Gasteiger partial charge is 0.306 e. The largest absolute Gasteiger partial charge is 0.480 e. The lowest BCUT2D eigenvalue weighted by molar-refractivity contribution is -0.158. The van der Waals surface area contributed by atoms with Crippen molar-refractivity contribution in [2.24, 2.45) is 5.92 Å². The predicted molar refractivity (Wildman–Crippen MR) is 141 cm³/mol. The average molecular weight is 538 g/mol. The third-order valence-electron chi connectivity index (χ3n) is 7.90. The molecule has 3 N–H and O–H groups in total. The number of likely N-dealkylation sites (tertiary alicyclic amines) is 1. The van der Waals surface area contributed by atoms with E-state index in [4.69, 9.17) is 31.5 Å². The Bertz CT molecular complexity index is 942. The van der Waals surface area contributed by atoms with Gasteiger partial charge in [-0.25, -0.2) is 0 Å². The summed E-state index contributed by atoms with van der Waals surface area (Å²) in [6.45, 7) is 5.71. The first-order valence-corrected chi connectivity index (χ1v) is 13.7. The number of esters is 1. The zero-order valence-electron chi connectivity index (χ0n) is 21.9. The highest BCUT2D eigenvalue weighted by atomic mass is 35.5. The fraction of sp³-hybridized carbons (Fsp3) is 0.731. The summed E-state index contributed by atoms with van der Waals surface area (Å²) in [5, 5.41) is 3.25. The predicted octanol–water partition coefficient (Wildman–Crippen LogP) is 2.34. The van der Waals surface area contributed by atoms with Crippen LogP contribution < -0.4 is 15.8 Å². The number of unbranched alkanes of at least 4 members (excludes halogenated alkanes) is 2. The number of carbonyl (C=O) groups is 2. The summed E-state index contributed by atoms with van der Waals surface area (Å²) in [5.41, 5.74) is 5.97. The Morgan fingerprint density at radius 3 is 2.57 bits per heavy atom. The number of aromatic nitrogens is 1. The molecule has 1 aromatic rings. The molecule has 11 heteroatoms. The molecule has 4 aliphatic rings. The van der Waals surface area contributed by atoms with E-state index in [1.54, 1.807) is 7.11 Å². The van der Waals surface area contributed by atoms with Crippen LogP contribution in [0.5, 0.6) is 5.88 Å². The van der Waals surface area contributed by atoms with Crippen LogP contribution in [-0.2, 0) is 14.3 Å². The molecule has 0 spiro atoms. The van der Waals surface area contributed by atoms with Gasteiger partial charge >= 0.3 is 5.97 Å². The molecule has 206 valence electrons. The van der Waals surface area contributed by atoms with Crippen molar-refractivity contribution in [3.05, 3.63) is 16.7 Å². The first kappa shape index (κ1) is 27.9. The molecule has 0 aliphatic carbocycles. The molecular weight excluding hydrogens is 498 g/mol. The molecule has 4 saturated heterocycles. The number of nitrogen functional groups attached to an aromatic ring is 1. The van der Waals surface area contributed by atoms with Crippen LogP contribution in [-0.4, -0.2) is 98.4 Å². The van der Waals surface area contributed by atoms with Crippen molar-refractivity contribution in [3.8, 4) is 5.88 Å². The molecular formula is C26H40ClN5O5. The van der Waals surface area contributed by atoms with Gasteiger partial charge in [-0.3, -0.25) is 14.5 Å². The van der Waals surface area contributed by atoms with Gasteiger partial charge in [0, 0.05) is 33.2 Å². The summed E-state index contributed by atoms with van der Waals surface area (Å²) in [5.74, 6) is 0.432. The fourth-order valence-electron chi connectivity index (χ4n) is 5.69. The fourth-order valence-corrected chi connectivity index (χ4v) is 5.84. The lowest BCUT2D eigenvalue weighted by Gasteiger charge is -2.43. The van der Waals surface area contributed by atoms with E-state index in [0.717, 1.165) is 77.8 Å². The summed E-state index contributed by atoms with van der Waals surface area (Å²) in [6, 6.07) is 1.33. The molecule has 4 fully saturated rings. The van der Waals surface area contributed by atoms with Crippen LogP contribution in [0.15, 0.2) is 6.07 Å². The van der Waals surface area contributed by atoms with E-state index < -0.39 is 0 Å². The van der Waals surface area contributed by atoms with Crippen molar-refractivity contribution < 1.29 is 23.8 Å². The van der Waals surface area contributed by atoms with Crippen LogP contribution in [0.3, 0.4) is 0 Å². The molecule has 0 saturated carbocycles. The second-order valence-corrected chi connectivity index (χ2v) is 10.7. The summed E-state index contributed by atoms with van der Waals surface area (Å²) < 4.78 is 16.7. The second-order valence-electron chi connectivity index (χ2n) is 10.3. The highest BCUT2D eigenvalue weighted by Crippen LogP contribution is 2.30. The van der Waals surface area contributed by atoms with Gasteiger partial charge in [0.15, 0.2) is 0 Å². The van der Waals surface area contributed by atoms with Gasteiger partial charge < -0.3 is 30.2 Å². The monoisotopic (exact) mass is 537 g/mol. The van der Waals surface area contributed by atoms with Crippen LogP contribution in [0.1, 0.15) is 55.3 Å². The van der Waals surface area contributed by atoms with E-state index in [1.807, 2.05) is 0 Å². The minimum absolute atomic E-state index is 0.0519. The van der Waals surface area contributed by atoms with Crippen molar-refractivity contribution >= 4 is 29.3 Å². The molecule has 4 aliphatic heterocycles. The Morgan fingerprint density at radius 1 is 1.11 bits per heavy atom. The number of piperidine rings is 4. The van der Waals surface area contributed by atoms with Crippen LogP contribution in [0.2, 0.25) is 5.02 Å². The molecule has 1 aromatic heterocycles. The van der Waals surface area contributed by atoms with Gasteiger partial charge in [-0.05, 0) is 63.7 Å². The van der Waals surface area contributed by atoms with E-state index in [0.29, 0.717) is 12.3 Å². The number of nitrogens with zero attached hydrogens (tertiary/aromatic N) is 3. The molecule has 0 aromatic carbocycles. The van der Waals surface area contributed by atoms with Crippen LogP contribution in [0.25, 0.3) is 0 Å². The number of amides is 1. The summed E-state index contributed by atoms with van der Waals surface area (Å²) >= 11 is 6.07. The van der Waals surface area contributed by atoms with Crippen molar-refractivity contribution in [2.45, 2.75) is 63.2 Å². The van der Waals surface area contributed by atoms with E-state index >= 15 is 0 Å². The quantitative estimate of drug-likeness (QED) is 0.324. The Kier molecular flexibility index (Phi) is 9.86. The maximum atomic E-state index is 12.9. The van der Waals surface area contributed by atoms with Gasteiger partial charge in [0.2, 0.25) is 5.88 Å². The first-order chi connectivity index (χ1) is 17.9. The number of halogens is 1. The summed E-state index contributed by atoms with van der Waals surface area (Å²) in [4.78, 5) is 34.0. The van der Waals surface area contributed by atoms with Crippen molar-refractivity contribution in [1.82, 2.24) is 20.1 Å². The molecule has 0 radical (unpaired) electrons. The SMILES string of the molecule is COc1nc(N)c(Cl)cc1C(=O)N[C@H]1CCN(CCCCCC(=O)O[C@@H]2CN3CCC2CC3)C[C@H]1OC. The third-order valence-corrected chi connectivity index (χ3v) is 8.21. The summed E-state index contributed by atoms with van der Waals surface area (Å²) in [6.07, 6.45) is 6.35. The minimum Gasteiger partial charge on any atom is -0.480 e. The highest BCUT2D eigenvalue weighted by molar-refractivity contribution is 6.33. The van der Waals surface area contributed by atoms with Gasteiger partial charge in [0.1, 0.15) is 17.5 Å². The Balaban J connectivity index is 1.15. The number of ether oxygens (including phenoxy) is 3. The molecule has 0 unspecified atom stereocenters. The van der Waals surface area contributed by atoms with Crippen molar-refractivity contribution in [2.75, 3.05) is 59.2 Å². The van der Waals surface area contributed by atoms with Crippen LogP contribution in [0.4, 0.5) is 5.82 Å². The Morgan fingerprint density at radius 2 is 1.89 bits per heavy atom. The number of methoxy groups -OCH3 is 2. The topological polar surface area (TPSA) is 119 Å². The number of carbonyl (C=O) groups excluding carboxylic acids is 2. The van der Waals surface area contributed by atoms with Crippen molar-refractivity contribution in [3.63, 3.8) is 0 Å². The van der Waals surface area contributed by atoms with Gasteiger partial charge in [-0.15, -0.1) is 0 Å². The van der Waals surface area contributed by atoms with Gasteiger partial charge in [0.05, 0.1) is 24.3 Å². The van der Waals surface area contributed by atoms with Crippen LogP contribution >= 0.6 is 11.6 Å². The number of anilines is 1. The zero-order chi connectivity index (χ0) is 26.4. The molecule has 5 heterocycles. The Labute approximate surface area is 224 Å². The molecule has 3 atom stereocenters. The van der Waals surface area contributed by atoms with E-state index in [2.05, 4.69) is 20.1 Å². The minimum atomic E-state index is -0.322. The first-order valence-electron chi connectivity index (χ1n) is 13.4. The van der Waals surface area contributed by atoms with Gasteiger partial charge in [-0.1, -0.05) is 18.0 Å². The van der Waals surface area contributed by atoms with E-state index in [1.165, 1.54) is 13.2 Å². The van der Waals surface area contributed by atoms with Crippen molar-refractivity contribution in [1.29, 1.82) is 0 Å². The molecule has 37 heavy (non-hydrogen) atoms. The van der Waals surface area contributed by atoms with E-state index in [9.17, 15) is 9.59 Å². The standard InChI is InChI=1S/C26H40ClN5O5/c1-35-22-16-31(10-5-3-4-6-23(33)37-21-15-32-11-7-17(21)8-12-32)13-9-20(22)29-25(34)18-14-19(27)24(28)30-26(18)36-2/h14,17,20-22H,3-13,15-16H2,1-2H3,(H2,28,30)(H,29,34)/t20-,21+,22+/m0/s1. The number of hydrogen-bond acceptors (Lipinski definition) is 9. The number of rotatable bonds is 11. The van der Waals surface area contributed by atoms with Gasteiger partial charge in [-0.2, -0.15) is 4.98 Å². The normalized spacial score (nSPS) is 27.6. The maximum Gasteiger partial charge on any atom is 0.306 e. The van der Waals surface area contributed by atoms with E-state index in [-0.39, 0.29) is 52.4 Å². The molecule has 2 bridgehead atoms. The lowest BCUT2D eigenvalue weighted by Crippen LogP contribution is -2.54. The molecule has 5 rings (SSSR count). The van der Waals surface area contributed by atoms with Crippen LogP contribution in [0, 0.1) is 5.92 Å². The number of pyridine rings is 1. The summed E-state index contributed by atoms with van der Waals surface area (Å²) in [7, 11) is 3.10. The lowest BCUT2D eigenvalue weighted by atomic mass is 9.86. The molecule has 1 amide bonds. The zero-order valence-corrected chi connectivity index (χ0v) is 22.7. The second kappa shape index (κ2) is 13.1. The molecule has 10 nitrogen and oxygen atoms in total. The van der Waals surface area contributed by atoms with Gasteiger partial charge in [0.25, 0.3) is 5.91 Å². The Hall–Kier alpha value is -2.14. The number of hydrogen-bond donors (Lipinski definition) is 2. The number of fused-ring (bicyclic) bond motifs is 3.